The average Bonchev–Trinajstić information content (AvgIpc) is 2.46. The van der Waals surface area contributed by atoms with Crippen LogP contribution in [0.2, 0.25) is 0 Å². The molecule has 0 N–H and O–H groups in total. The minimum atomic E-state index is -1.99. The van der Waals surface area contributed by atoms with Gasteiger partial charge in [0.05, 0.1) is 6.61 Å². The molecule has 0 aromatic rings. The number of hydrogen-bond acceptors (Lipinski definition) is 2. The van der Waals surface area contributed by atoms with Crippen LogP contribution in [0, 0.1) is 0 Å². The van der Waals surface area contributed by atoms with E-state index < -0.39 is 13.8 Å². The van der Waals surface area contributed by atoms with E-state index in [0.717, 1.165) is 42.0 Å². The molecule has 0 aromatic heterocycles. The van der Waals surface area contributed by atoms with Crippen molar-refractivity contribution in [2.24, 2.45) is 0 Å². The third-order valence-electron chi connectivity index (χ3n) is 3.80. The van der Waals surface area contributed by atoms with E-state index >= 15 is 0 Å². The van der Waals surface area contributed by atoms with Gasteiger partial charge in [0.2, 0.25) is 0 Å². The van der Waals surface area contributed by atoms with Crippen molar-refractivity contribution in [3.8, 4) is 0 Å². The first-order valence-electron chi connectivity index (χ1n) is 8.98. The summed E-state index contributed by atoms with van der Waals surface area (Å²) in [5, 5.41) is 0. The van der Waals surface area contributed by atoms with E-state index in [9.17, 15) is 0 Å². The molecule has 7 heteroatoms. The van der Waals surface area contributed by atoms with Crippen LogP contribution in [0.15, 0.2) is 0 Å². The molecule has 0 unspecified atom stereocenters. The summed E-state index contributed by atoms with van der Waals surface area (Å²) in [6, 6.07) is 0. The van der Waals surface area contributed by atoms with Gasteiger partial charge in [0, 0.05) is 7.11 Å². The first kappa shape index (κ1) is 29.1. The number of methoxy groups -OCH3 is 1. The summed E-state index contributed by atoms with van der Waals surface area (Å²) in [4.78, 5) is 0. The van der Waals surface area contributed by atoms with Gasteiger partial charge in [-0.05, 0) is 17.5 Å². The molecule has 2 nitrogen and oxygen atoms in total. The number of rotatable bonds is 11. The van der Waals surface area contributed by atoms with Crippen LogP contribution < -0.4 is 0 Å². The Kier molecular flexibility index (Phi) is 20.9. The SMILES string of the molecule is CC(C)P(CCO[CH]=[Os]([Cl])[Cl])C(C)C.COCCP(C(C)C)C(C)C. The predicted octanol–water partition coefficient (Wildman–Crippen LogP) is 6.92. The van der Waals surface area contributed by atoms with E-state index in [-0.39, 0.29) is 15.8 Å². The first-order valence-corrected chi connectivity index (χ1v) is 20.1. The van der Waals surface area contributed by atoms with Crippen LogP contribution in [0.25, 0.3) is 0 Å². The van der Waals surface area contributed by atoms with Gasteiger partial charge in [-0.25, -0.2) is 0 Å². The van der Waals surface area contributed by atoms with Gasteiger partial charge in [-0.3, -0.25) is 0 Å². The van der Waals surface area contributed by atoms with E-state index in [2.05, 4.69) is 55.4 Å². The third kappa shape index (κ3) is 17.7. The second-order valence-corrected chi connectivity index (χ2v) is 22.0. The Balaban J connectivity index is 0. The fraction of sp³-hybridized carbons (Fsp3) is 0.944. The van der Waals surface area contributed by atoms with Crippen molar-refractivity contribution in [1.29, 1.82) is 0 Å². The summed E-state index contributed by atoms with van der Waals surface area (Å²) in [6.07, 6.45) is 2.42. The number of ether oxygens (including phenoxy) is 2. The first-order chi connectivity index (χ1) is 11.5. The monoisotopic (exact) mass is 612 g/mol. The standard InChI is InChI=1S/C9H21OP.C9H19OP.2ClH.Os/c2*1-8(2)11(9(3)4)7-6-10-5;;;/h8-9H,6-7H2,1-5H3;5,8-9H,6-7H2,1-4H3;2*1H;/q;;;;+2/p-2. The Bertz CT molecular complexity index is 321. The molecule has 0 amide bonds. The van der Waals surface area contributed by atoms with Crippen LogP contribution in [-0.2, 0) is 23.2 Å². The summed E-state index contributed by atoms with van der Waals surface area (Å²) in [5.74, 6) is 0. The summed E-state index contributed by atoms with van der Waals surface area (Å²) < 4.78 is 12.1. The zero-order chi connectivity index (χ0) is 20.0. The molecule has 0 fully saturated rings. The summed E-state index contributed by atoms with van der Waals surface area (Å²) >= 11 is -1.99. The Morgan fingerprint density at radius 2 is 1.12 bits per heavy atom. The molecule has 0 heterocycles. The fourth-order valence-corrected chi connectivity index (χ4v) is 9.18. The van der Waals surface area contributed by atoms with Crippen LogP contribution in [-0.4, -0.2) is 60.0 Å². The summed E-state index contributed by atoms with van der Waals surface area (Å²) in [5.41, 5.74) is 3.24. The maximum Gasteiger partial charge on any atom is 0.0501 e. The minimum absolute atomic E-state index is 0.0788. The molecule has 0 atom stereocenters. The Morgan fingerprint density at radius 1 is 0.760 bits per heavy atom. The average molecular weight is 612 g/mol. The Hall–Kier alpha value is 1.87. The van der Waals surface area contributed by atoms with Gasteiger partial charge < -0.3 is 4.74 Å². The molecular weight excluding hydrogens is 571 g/mol. The second-order valence-electron chi connectivity index (χ2n) is 7.00. The smallest absolute Gasteiger partial charge is 0.0501 e. The normalized spacial score (nSPS) is 12.4. The van der Waals surface area contributed by atoms with Crippen LogP contribution in [0.3, 0.4) is 0 Å². The van der Waals surface area contributed by atoms with Gasteiger partial charge in [-0.15, -0.1) is 0 Å². The van der Waals surface area contributed by atoms with Crippen LogP contribution >= 0.6 is 35.1 Å². The van der Waals surface area contributed by atoms with Crippen molar-refractivity contribution in [2.45, 2.75) is 78.0 Å². The molecule has 0 aliphatic heterocycles. The molecule has 0 spiro atoms. The zero-order valence-corrected chi connectivity index (χ0v) is 23.4. The molecule has 0 aliphatic carbocycles. The molecule has 0 aromatic carbocycles. The van der Waals surface area contributed by atoms with Crippen LogP contribution in [0.1, 0.15) is 55.4 Å². The quantitative estimate of drug-likeness (QED) is 0.187. The van der Waals surface area contributed by atoms with Crippen molar-refractivity contribution in [1.82, 2.24) is 0 Å². The molecule has 0 saturated carbocycles. The van der Waals surface area contributed by atoms with Crippen molar-refractivity contribution in [3.63, 3.8) is 0 Å². The predicted molar refractivity (Wildman–Crippen MR) is 120 cm³/mol. The molecule has 0 radical (unpaired) electrons. The molecule has 0 saturated heterocycles. The number of halogens is 2. The van der Waals surface area contributed by atoms with Gasteiger partial charge in [0.15, 0.2) is 0 Å². The van der Waals surface area contributed by atoms with Gasteiger partial charge in [-0.1, -0.05) is 35.6 Å². The van der Waals surface area contributed by atoms with Gasteiger partial charge in [0.1, 0.15) is 0 Å². The van der Waals surface area contributed by atoms with Crippen molar-refractivity contribution in [3.05, 3.63) is 0 Å². The van der Waals surface area contributed by atoms with E-state index in [0.29, 0.717) is 0 Å². The molecule has 0 rings (SSSR count). The molecule has 0 bridgehead atoms. The summed E-state index contributed by atoms with van der Waals surface area (Å²) in [7, 11) is 13.4. The van der Waals surface area contributed by atoms with E-state index in [4.69, 9.17) is 28.7 Å². The van der Waals surface area contributed by atoms with Gasteiger partial charge in [-0.2, -0.15) is 0 Å². The molecule has 156 valence electrons. The Morgan fingerprint density at radius 3 is 1.40 bits per heavy atom. The van der Waals surface area contributed by atoms with Crippen LogP contribution in [0.4, 0.5) is 0 Å². The molecular formula is C18H40Cl2O2OsP2. The Labute approximate surface area is 173 Å². The van der Waals surface area contributed by atoms with Crippen molar-refractivity contribution < 1.29 is 23.2 Å². The number of hydrogen-bond donors (Lipinski definition) is 0. The fourth-order valence-electron chi connectivity index (χ4n) is 2.67. The zero-order valence-electron chi connectivity index (χ0n) is 17.5. The van der Waals surface area contributed by atoms with E-state index in [1.165, 1.54) is 6.16 Å². The van der Waals surface area contributed by atoms with E-state index in [1.807, 2.05) is 0 Å². The second kappa shape index (κ2) is 17.9. The molecule has 25 heavy (non-hydrogen) atoms. The van der Waals surface area contributed by atoms with Crippen molar-refractivity contribution >= 4 is 39.9 Å². The minimum Gasteiger partial charge on any atom is -0.384 e. The summed E-state index contributed by atoms with van der Waals surface area (Å²) in [6.45, 7) is 20.2. The topological polar surface area (TPSA) is 18.5 Å². The molecule has 0 aliphatic rings. The third-order valence-corrected chi connectivity index (χ3v) is 12.4. The largest absolute Gasteiger partial charge is 0.384 e. The van der Waals surface area contributed by atoms with Crippen molar-refractivity contribution in [2.75, 3.05) is 32.6 Å². The van der Waals surface area contributed by atoms with Gasteiger partial charge >= 0.3 is 102 Å². The van der Waals surface area contributed by atoms with Crippen LogP contribution in [0.5, 0.6) is 0 Å². The van der Waals surface area contributed by atoms with Gasteiger partial charge in [0.25, 0.3) is 0 Å². The maximum atomic E-state index is 5.68. The maximum absolute atomic E-state index is 5.68. The van der Waals surface area contributed by atoms with E-state index in [1.54, 1.807) is 11.9 Å².